The molecular formula is C19H21Cl2NO5S2. The molecule has 1 heterocycles. The number of hydrogen-bond acceptors (Lipinski definition) is 5. The zero-order valence-corrected chi connectivity index (χ0v) is 18.9. The molecule has 10 heteroatoms. The van der Waals surface area contributed by atoms with E-state index in [2.05, 4.69) is 5.32 Å². The average molecular weight is 478 g/mol. The molecule has 1 fully saturated rings. The molecule has 2 aromatic rings. The molecule has 0 spiro atoms. The Morgan fingerprint density at radius 1 is 1.24 bits per heavy atom. The Labute approximate surface area is 186 Å². The number of amides is 1. The summed E-state index contributed by atoms with van der Waals surface area (Å²) in [6.45, 7) is 0.996. The standard InChI is InChI=1S/C19H19Cl2NO5S.H2S/c1-26-18-5-3-14(28(24,25)11-12-6-7-27-10-12)9-15(18)19(23)22-17-4-2-13(20)8-16(17)21;/h2-5,8-9,12H,6-7,10-11H2,1H3,(H,22,23);1H2/t12-;/m0./s1. The molecule has 0 aliphatic carbocycles. The van der Waals surface area contributed by atoms with E-state index in [4.69, 9.17) is 32.7 Å². The van der Waals surface area contributed by atoms with Gasteiger partial charge in [-0.2, -0.15) is 13.5 Å². The number of ether oxygens (including phenoxy) is 2. The van der Waals surface area contributed by atoms with Gasteiger partial charge in [-0.1, -0.05) is 23.2 Å². The van der Waals surface area contributed by atoms with Crippen molar-refractivity contribution in [2.75, 3.05) is 31.4 Å². The number of methoxy groups -OCH3 is 1. The van der Waals surface area contributed by atoms with Gasteiger partial charge in [0.05, 0.1) is 40.6 Å². The van der Waals surface area contributed by atoms with E-state index in [-0.39, 0.29) is 46.4 Å². The van der Waals surface area contributed by atoms with Crippen LogP contribution in [0.15, 0.2) is 41.3 Å². The summed E-state index contributed by atoms with van der Waals surface area (Å²) in [4.78, 5) is 12.8. The van der Waals surface area contributed by atoms with Crippen molar-refractivity contribution in [2.45, 2.75) is 11.3 Å². The first kappa shape index (κ1) is 23.8. The Morgan fingerprint density at radius 3 is 2.62 bits per heavy atom. The zero-order valence-electron chi connectivity index (χ0n) is 15.6. The van der Waals surface area contributed by atoms with E-state index < -0.39 is 15.7 Å². The number of sulfone groups is 1. The minimum Gasteiger partial charge on any atom is -0.496 e. The van der Waals surface area contributed by atoms with Crippen molar-refractivity contribution in [1.82, 2.24) is 0 Å². The Balaban J connectivity index is 0.00000300. The summed E-state index contributed by atoms with van der Waals surface area (Å²) in [5, 5.41) is 3.36. The molecule has 0 saturated carbocycles. The van der Waals surface area contributed by atoms with Gasteiger partial charge in [0, 0.05) is 11.6 Å². The SMILES string of the molecule is COc1ccc(S(=O)(=O)C[C@H]2CCOC2)cc1C(=O)Nc1ccc(Cl)cc1Cl.S. The predicted octanol–water partition coefficient (Wildman–Crippen LogP) is 4.18. The molecule has 1 amide bonds. The van der Waals surface area contributed by atoms with Gasteiger partial charge < -0.3 is 14.8 Å². The summed E-state index contributed by atoms with van der Waals surface area (Å²) >= 11 is 12.0. The molecule has 0 aromatic heterocycles. The lowest BCUT2D eigenvalue weighted by molar-refractivity contribution is 0.102. The third-order valence-corrected chi connectivity index (χ3v) is 6.86. The van der Waals surface area contributed by atoms with Crippen LogP contribution in [0, 0.1) is 5.92 Å². The Morgan fingerprint density at radius 2 is 2.00 bits per heavy atom. The highest BCUT2D eigenvalue weighted by atomic mass is 35.5. The van der Waals surface area contributed by atoms with E-state index in [0.29, 0.717) is 30.3 Å². The van der Waals surface area contributed by atoms with Crippen LogP contribution in [0.5, 0.6) is 5.75 Å². The fraction of sp³-hybridized carbons (Fsp3) is 0.316. The lowest BCUT2D eigenvalue weighted by Gasteiger charge is -2.14. The number of carbonyl (C=O) groups excluding carboxylic acids is 1. The summed E-state index contributed by atoms with van der Waals surface area (Å²) in [6, 6.07) is 8.89. The van der Waals surface area contributed by atoms with Crippen molar-refractivity contribution in [3.63, 3.8) is 0 Å². The average Bonchev–Trinajstić information content (AvgIpc) is 3.15. The number of anilines is 1. The van der Waals surface area contributed by atoms with E-state index in [9.17, 15) is 13.2 Å². The van der Waals surface area contributed by atoms with E-state index in [1.807, 2.05) is 0 Å². The number of benzene rings is 2. The fourth-order valence-electron chi connectivity index (χ4n) is 2.96. The van der Waals surface area contributed by atoms with E-state index >= 15 is 0 Å². The van der Waals surface area contributed by atoms with Gasteiger partial charge >= 0.3 is 0 Å². The van der Waals surface area contributed by atoms with Crippen LogP contribution in [-0.4, -0.2) is 40.4 Å². The number of hydrogen-bond donors (Lipinski definition) is 1. The minimum absolute atomic E-state index is 0. The number of halogens is 2. The maximum Gasteiger partial charge on any atom is 0.259 e. The minimum atomic E-state index is -3.57. The molecule has 1 N–H and O–H groups in total. The van der Waals surface area contributed by atoms with Gasteiger partial charge in [0.15, 0.2) is 9.84 Å². The molecule has 0 bridgehead atoms. The topological polar surface area (TPSA) is 81.7 Å². The smallest absolute Gasteiger partial charge is 0.259 e. The molecule has 1 aliphatic heterocycles. The predicted molar refractivity (Wildman–Crippen MR) is 119 cm³/mol. The van der Waals surface area contributed by atoms with Crippen molar-refractivity contribution in [3.05, 3.63) is 52.0 Å². The third kappa shape index (κ3) is 5.79. The van der Waals surface area contributed by atoms with Gasteiger partial charge in [0.25, 0.3) is 5.91 Å². The summed E-state index contributed by atoms with van der Waals surface area (Å²) in [5.74, 6) is -0.353. The molecule has 1 aliphatic rings. The number of carbonyl (C=O) groups is 1. The monoisotopic (exact) mass is 477 g/mol. The lowest BCUT2D eigenvalue weighted by atomic mass is 10.1. The normalized spacial score (nSPS) is 16.2. The van der Waals surface area contributed by atoms with E-state index in [1.165, 1.54) is 31.4 Å². The summed E-state index contributed by atoms with van der Waals surface area (Å²) in [5.41, 5.74) is 0.451. The summed E-state index contributed by atoms with van der Waals surface area (Å²) < 4.78 is 36.0. The van der Waals surface area contributed by atoms with E-state index in [1.54, 1.807) is 12.1 Å². The van der Waals surface area contributed by atoms with Crippen LogP contribution in [0.3, 0.4) is 0 Å². The van der Waals surface area contributed by atoms with Crippen molar-refractivity contribution in [2.24, 2.45) is 5.92 Å². The van der Waals surface area contributed by atoms with Crippen LogP contribution < -0.4 is 10.1 Å². The molecule has 0 radical (unpaired) electrons. The number of rotatable bonds is 6. The zero-order chi connectivity index (χ0) is 20.3. The fourth-order valence-corrected chi connectivity index (χ4v) is 5.06. The molecule has 1 saturated heterocycles. The van der Waals surface area contributed by atoms with Crippen LogP contribution in [0.2, 0.25) is 10.0 Å². The van der Waals surface area contributed by atoms with E-state index in [0.717, 1.165) is 0 Å². The molecule has 1 atom stereocenters. The van der Waals surface area contributed by atoms with Gasteiger partial charge in [-0.3, -0.25) is 4.79 Å². The van der Waals surface area contributed by atoms with Crippen LogP contribution >= 0.6 is 36.7 Å². The van der Waals surface area contributed by atoms with Gasteiger partial charge in [0.2, 0.25) is 0 Å². The Bertz CT molecular complexity index is 992. The van der Waals surface area contributed by atoms with Crippen molar-refractivity contribution in [3.8, 4) is 5.75 Å². The van der Waals surface area contributed by atoms with Crippen LogP contribution in [0.25, 0.3) is 0 Å². The maximum atomic E-state index is 12.8. The van der Waals surface area contributed by atoms with Crippen LogP contribution in [0.4, 0.5) is 5.69 Å². The molecular weight excluding hydrogens is 457 g/mol. The van der Waals surface area contributed by atoms with Crippen molar-refractivity contribution in [1.29, 1.82) is 0 Å². The third-order valence-electron chi connectivity index (χ3n) is 4.43. The second kappa shape index (κ2) is 10.0. The second-order valence-electron chi connectivity index (χ2n) is 6.45. The van der Waals surface area contributed by atoms with Gasteiger partial charge in [-0.05, 0) is 48.7 Å². The highest BCUT2D eigenvalue weighted by molar-refractivity contribution is 7.91. The molecule has 2 aromatic carbocycles. The van der Waals surface area contributed by atoms with Crippen LogP contribution in [0.1, 0.15) is 16.8 Å². The molecule has 29 heavy (non-hydrogen) atoms. The molecule has 0 unspecified atom stereocenters. The highest BCUT2D eigenvalue weighted by Gasteiger charge is 2.26. The quantitative estimate of drug-likeness (QED) is 0.674. The lowest BCUT2D eigenvalue weighted by Crippen LogP contribution is -2.18. The van der Waals surface area contributed by atoms with Crippen molar-refractivity contribution >= 4 is 58.1 Å². The number of nitrogens with one attached hydrogen (secondary N) is 1. The first-order valence-corrected chi connectivity index (χ1v) is 11.0. The Kier molecular flexibility index (Phi) is 8.25. The first-order chi connectivity index (χ1) is 13.3. The van der Waals surface area contributed by atoms with Gasteiger partial charge in [-0.15, -0.1) is 0 Å². The second-order valence-corrected chi connectivity index (χ2v) is 9.33. The van der Waals surface area contributed by atoms with Crippen molar-refractivity contribution < 1.29 is 22.7 Å². The Hall–Kier alpha value is -1.45. The first-order valence-electron chi connectivity index (χ1n) is 8.55. The maximum absolute atomic E-state index is 12.8. The van der Waals surface area contributed by atoms with Gasteiger partial charge in [0.1, 0.15) is 5.75 Å². The van der Waals surface area contributed by atoms with Gasteiger partial charge in [-0.25, -0.2) is 8.42 Å². The summed E-state index contributed by atoms with van der Waals surface area (Å²) in [7, 11) is -2.16. The largest absolute Gasteiger partial charge is 0.496 e. The highest BCUT2D eigenvalue weighted by Crippen LogP contribution is 2.29. The van der Waals surface area contributed by atoms with Crippen LogP contribution in [-0.2, 0) is 14.6 Å². The summed E-state index contributed by atoms with van der Waals surface area (Å²) in [6.07, 6.45) is 0.706. The molecule has 3 rings (SSSR count). The molecule has 158 valence electrons. The molecule has 6 nitrogen and oxygen atoms in total.